The van der Waals surface area contributed by atoms with Gasteiger partial charge in [0.25, 0.3) is 5.91 Å². The van der Waals surface area contributed by atoms with Gasteiger partial charge in [0, 0.05) is 17.6 Å². The summed E-state index contributed by atoms with van der Waals surface area (Å²) >= 11 is 1.23. The highest BCUT2D eigenvalue weighted by molar-refractivity contribution is 7.99. The second-order valence-corrected chi connectivity index (χ2v) is 6.29. The van der Waals surface area contributed by atoms with Crippen LogP contribution >= 0.6 is 11.8 Å². The molecule has 126 valence electrons. The van der Waals surface area contributed by atoms with Crippen molar-refractivity contribution in [3.8, 4) is 0 Å². The van der Waals surface area contributed by atoms with Crippen LogP contribution in [0.4, 0.5) is 11.4 Å². The molecule has 0 aliphatic rings. The molecule has 0 unspecified atom stereocenters. The van der Waals surface area contributed by atoms with E-state index >= 15 is 0 Å². The Morgan fingerprint density at radius 3 is 2.60 bits per heavy atom. The highest BCUT2D eigenvalue weighted by atomic mass is 32.2. The number of rotatable bonds is 5. The lowest BCUT2D eigenvalue weighted by atomic mass is 10.1. The molecule has 0 aliphatic carbocycles. The first-order valence-electron chi connectivity index (χ1n) is 7.32. The van der Waals surface area contributed by atoms with Crippen molar-refractivity contribution in [2.75, 3.05) is 5.32 Å². The standard InChI is InChI=1S/C16H14N6O2S/c1-10-3-5-11(6-4-10)17-15(23)13-9-12(19-24)7-8-14(13)25-16-18-20-21-22(16)2/h3-9H,1-2H3,(H,17,23). The van der Waals surface area contributed by atoms with Gasteiger partial charge in [0.2, 0.25) is 5.16 Å². The number of tetrazole rings is 1. The number of aryl methyl sites for hydroxylation is 2. The second kappa shape index (κ2) is 7.22. The molecule has 1 N–H and O–H groups in total. The van der Waals surface area contributed by atoms with Gasteiger partial charge in [0.1, 0.15) is 5.69 Å². The molecule has 0 bridgehead atoms. The number of carbonyl (C=O) groups is 1. The summed E-state index contributed by atoms with van der Waals surface area (Å²) in [5.74, 6) is -0.341. The fourth-order valence-corrected chi connectivity index (χ4v) is 2.92. The smallest absolute Gasteiger partial charge is 0.256 e. The number of amides is 1. The van der Waals surface area contributed by atoms with E-state index in [0.717, 1.165) is 5.56 Å². The molecule has 0 spiro atoms. The third-order valence-corrected chi connectivity index (χ3v) is 4.51. The number of hydrogen-bond donors (Lipinski definition) is 1. The monoisotopic (exact) mass is 354 g/mol. The lowest BCUT2D eigenvalue weighted by Gasteiger charge is -2.10. The molecule has 25 heavy (non-hydrogen) atoms. The van der Waals surface area contributed by atoms with Gasteiger partial charge >= 0.3 is 0 Å². The summed E-state index contributed by atoms with van der Waals surface area (Å²) in [6, 6.07) is 12.1. The summed E-state index contributed by atoms with van der Waals surface area (Å²) in [6.45, 7) is 1.97. The van der Waals surface area contributed by atoms with Crippen molar-refractivity contribution in [2.24, 2.45) is 12.2 Å². The average Bonchev–Trinajstić information content (AvgIpc) is 3.02. The van der Waals surface area contributed by atoms with Crippen molar-refractivity contribution >= 4 is 29.0 Å². The number of anilines is 1. The fourth-order valence-electron chi connectivity index (χ4n) is 2.08. The van der Waals surface area contributed by atoms with E-state index in [1.165, 1.54) is 22.5 Å². The Kier molecular flexibility index (Phi) is 4.85. The molecule has 2 aromatic carbocycles. The number of carbonyl (C=O) groups excluding carboxylic acids is 1. The maximum atomic E-state index is 12.7. The van der Waals surface area contributed by atoms with Gasteiger partial charge in [-0.1, -0.05) is 17.7 Å². The normalized spacial score (nSPS) is 10.5. The summed E-state index contributed by atoms with van der Waals surface area (Å²) < 4.78 is 1.50. The Bertz CT molecular complexity index is 923. The van der Waals surface area contributed by atoms with Gasteiger partial charge in [-0.25, -0.2) is 4.68 Å². The van der Waals surface area contributed by atoms with Crippen LogP contribution in [0, 0.1) is 11.8 Å². The quantitative estimate of drug-likeness (QED) is 0.705. The maximum Gasteiger partial charge on any atom is 0.256 e. The molecule has 3 aromatic rings. The molecular formula is C16H14N6O2S. The van der Waals surface area contributed by atoms with Crippen molar-refractivity contribution in [3.05, 3.63) is 58.5 Å². The van der Waals surface area contributed by atoms with E-state index in [2.05, 4.69) is 26.0 Å². The highest BCUT2D eigenvalue weighted by Gasteiger charge is 2.16. The summed E-state index contributed by atoms with van der Waals surface area (Å²) in [6.07, 6.45) is 0. The predicted octanol–water partition coefficient (Wildman–Crippen LogP) is 3.32. The number of hydrogen-bond acceptors (Lipinski definition) is 7. The number of nitrogens with one attached hydrogen (secondary N) is 1. The Morgan fingerprint density at radius 1 is 1.20 bits per heavy atom. The minimum atomic E-state index is -0.341. The molecule has 0 saturated heterocycles. The van der Waals surface area contributed by atoms with Crippen LogP contribution in [0.3, 0.4) is 0 Å². The summed E-state index contributed by atoms with van der Waals surface area (Å²) in [5.41, 5.74) is 2.26. The van der Waals surface area contributed by atoms with Gasteiger partial charge in [-0.05, 0) is 64.6 Å². The predicted molar refractivity (Wildman–Crippen MR) is 94.0 cm³/mol. The molecule has 0 radical (unpaired) electrons. The van der Waals surface area contributed by atoms with Crippen LogP contribution in [0.1, 0.15) is 15.9 Å². The van der Waals surface area contributed by atoms with Crippen molar-refractivity contribution in [1.82, 2.24) is 20.2 Å². The molecular weight excluding hydrogens is 340 g/mol. The topological polar surface area (TPSA) is 102 Å². The zero-order chi connectivity index (χ0) is 17.8. The maximum absolute atomic E-state index is 12.7. The molecule has 9 heteroatoms. The van der Waals surface area contributed by atoms with Gasteiger partial charge in [0.15, 0.2) is 0 Å². The first-order valence-corrected chi connectivity index (χ1v) is 8.14. The van der Waals surface area contributed by atoms with Gasteiger partial charge in [0.05, 0.1) is 5.56 Å². The van der Waals surface area contributed by atoms with Gasteiger partial charge in [-0.2, -0.15) is 0 Å². The minimum Gasteiger partial charge on any atom is -0.322 e. The lowest BCUT2D eigenvalue weighted by molar-refractivity contribution is 0.102. The summed E-state index contributed by atoms with van der Waals surface area (Å²) in [7, 11) is 1.70. The largest absolute Gasteiger partial charge is 0.322 e. The van der Waals surface area contributed by atoms with E-state index in [0.29, 0.717) is 21.3 Å². The summed E-state index contributed by atoms with van der Waals surface area (Å²) in [4.78, 5) is 24.1. The number of benzene rings is 2. The average molecular weight is 354 g/mol. The van der Waals surface area contributed by atoms with Gasteiger partial charge in [-0.15, -0.1) is 10.0 Å². The van der Waals surface area contributed by atoms with Crippen LogP contribution in [0.2, 0.25) is 0 Å². The van der Waals surface area contributed by atoms with E-state index in [4.69, 9.17) is 0 Å². The van der Waals surface area contributed by atoms with Crippen LogP contribution in [0.25, 0.3) is 0 Å². The van der Waals surface area contributed by atoms with Crippen LogP contribution < -0.4 is 5.32 Å². The third-order valence-electron chi connectivity index (χ3n) is 3.41. The molecule has 8 nitrogen and oxygen atoms in total. The molecule has 0 atom stereocenters. The van der Waals surface area contributed by atoms with Crippen LogP contribution in [0.15, 0.2) is 57.7 Å². The fraction of sp³-hybridized carbons (Fsp3) is 0.125. The van der Waals surface area contributed by atoms with Crippen molar-refractivity contribution in [2.45, 2.75) is 17.0 Å². The first-order chi connectivity index (χ1) is 12.1. The first kappa shape index (κ1) is 16.8. The molecule has 1 heterocycles. The molecule has 0 aliphatic heterocycles. The van der Waals surface area contributed by atoms with E-state index in [9.17, 15) is 9.70 Å². The van der Waals surface area contributed by atoms with Crippen molar-refractivity contribution < 1.29 is 4.79 Å². The number of nitrogens with zero attached hydrogens (tertiary/aromatic N) is 5. The zero-order valence-corrected chi connectivity index (χ0v) is 14.3. The number of aromatic nitrogens is 4. The molecule has 0 fully saturated rings. The van der Waals surface area contributed by atoms with Gasteiger partial charge in [-0.3, -0.25) is 4.79 Å². The van der Waals surface area contributed by atoms with Crippen LogP contribution in [0.5, 0.6) is 0 Å². The SMILES string of the molecule is Cc1ccc(NC(=O)c2cc(N=O)ccc2Sc2nnnn2C)cc1. The Morgan fingerprint density at radius 2 is 1.96 bits per heavy atom. The highest BCUT2D eigenvalue weighted by Crippen LogP contribution is 2.31. The number of nitroso groups, excluding NO2 is 1. The molecule has 1 amide bonds. The Labute approximate surface area is 147 Å². The summed E-state index contributed by atoms with van der Waals surface area (Å²) in [5, 5.41) is 17.5. The van der Waals surface area contributed by atoms with E-state index < -0.39 is 0 Å². The van der Waals surface area contributed by atoms with E-state index in [1.807, 2.05) is 31.2 Å². The molecule has 1 aromatic heterocycles. The Balaban J connectivity index is 1.91. The van der Waals surface area contributed by atoms with Crippen molar-refractivity contribution in [1.29, 1.82) is 0 Å². The van der Waals surface area contributed by atoms with Crippen molar-refractivity contribution in [3.63, 3.8) is 0 Å². The zero-order valence-electron chi connectivity index (χ0n) is 13.5. The molecule has 3 rings (SSSR count). The van der Waals surface area contributed by atoms with Crippen LogP contribution in [-0.2, 0) is 7.05 Å². The Hall–Kier alpha value is -3.07. The lowest BCUT2D eigenvalue weighted by Crippen LogP contribution is -2.13. The van der Waals surface area contributed by atoms with Gasteiger partial charge < -0.3 is 5.32 Å². The van der Waals surface area contributed by atoms with E-state index in [-0.39, 0.29) is 11.6 Å². The second-order valence-electron chi connectivity index (χ2n) is 5.28. The third kappa shape index (κ3) is 3.89. The minimum absolute atomic E-state index is 0.175. The van der Waals surface area contributed by atoms with E-state index in [1.54, 1.807) is 19.2 Å². The van der Waals surface area contributed by atoms with Crippen LogP contribution in [-0.4, -0.2) is 26.1 Å². The molecule has 0 saturated carbocycles.